The molecule has 0 bridgehead atoms. The van der Waals surface area contributed by atoms with Crippen LogP contribution in [0, 0.1) is 0 Å². The molecule has 1 saturated heterocycles. The summed E-state index contributed by atoms with van der Waals surface area (Å²) in [6, 6.07) is 5.86. The van der Waals surface area contributed by atoms with Gasteiger partial charge in [0.2, 0.25) is 6.29 Å². The summed E-state index contributed by atoms with van der Waals surface area (Å²) in [6.07, 6.45) is -4.79. The standard InChI is InChI=1S/C11H14O6/c12-6-1-3-7(4-2-6)17-11-10(15)9(14)8(13)5-16-11/h1-4,8-15H,5H2/t8-,9+,10-,11+/m1/s1. The molecule has 4 atom stereocenters. The van der Waals surface area contributed by atoms with Crippen molar-refractivity contribution in [2.45, 2.75) is 24.6 Å². The minimum Gasteiger partial charge on any atom is -0.508 e. The van der Waals surface area contributed by atoms with Gasteiger partial charge < -0.3 is 29.9 Å². The van der Waals surface area contributed by atoms with Crippen LogP contribution in [0.15, 0.2) is 24.3 Å². The van der Waals surface area contributed by atoms with Crippen LogP contribution in [0.25, 0.3) is 0 Å². The van der Waals surface area contributed by atoms with E-state index in [9.17, 15) is 15.3 Å². The molecule has 1 aliphatic rings. The molecular weight excluding hydrogens is 228 g/mol. The van der Waals surface area contributed by atoms with E-state index in [-0.39, 0.29) is 12.4 Å². The van der Waals surface area contributed by atoms with Gasteiger partial charge >= 0.3 is 0 Å². The number of aliphatic hydroxyl groups is 3. The van der Waals surface area contributed by atoms with Gasteiger partial charge in [-0.15, -0.1) is 0 Å². The third-order valence-corrected chi connectivity index (χ3v) is 2.54. The highest BCUT2D eigenvalue weighted by atomic mass is 16.7. The fraction of sp³-hybridized carbons (Fsp3) is 0.455. The number of aromatic hydroxyl groups is 1. The second-order valence-corrected chi connectivity index (χ2v) is 3.86. The van der Waals surface area contributed by atoms with Crippen LogP contribution in [-0.2, 0) is 4.74 Å². The Morgan fingerprint density at radius 2 is 1.71 bits per heavy atom. The maximum Gasteiger partial charge on any atom is 0.228 e. The lowest BCUT2D eigenvalue weighted by molar-refractivity contribution is -0.242. The average Bonchev–Trinajstić information content (AvgIpc) is 2.33. The second-order valence-electron chi connectivity index (χ2n) is 3.86. The summed E-state index contributed by atoms with van der Waals surface area (Å²) in [5, 5.41) is 37.4. The molecule has 0 aliphatic carbocycles. The number of benzene rings is 1. The number of phenols is 1. The number of ether oxygens (including phenoxy) is 2. The van der Waals surface area contributed by atoms with E-state index in [1.807, 2.05) is 0 Å². The Bertz CT molecular complexity index is 365. The SMILES string of the molecule is Oc1ccc(O[C@@H]2OC[C@@H](O)[C@H](O)[C@H]2O)cc1. The largest absolute Gasteiger partial charge is 0.508 e. The molecule has 6 nitrogen and oxygen atoms in total. The van der Waals surface area contributed by atoms with Gasteiger partial charge in [-0.2, -0.15) is 0 Å². The van der Waals surface area contributed by atoms with Gasteiger partial charge in [-0.3, -0.25) is 0 Å². The first-order valence-electron chi connectivity index (χ1n) is 5.19. The van der Waals surface area contributed by atoms with Gasteiger partial charge in [-0.1, -0.05) is 0 Å². The molecule has 1 aromatic rings. The topological polar surface area (TPSA) is 99.4 Å². The van der Waals surface area contributed by atoms with Gasteiger partial charge in [0.15, 0.2) is 0 Å². The predicted octanol–water partition coefficient (Wildman–Crippen LogP) is -0.790. The highest BCUT2D eigenvalue weighted by Crippen LogP contribution is 2.22. The summed E-state index contributed by atoms with van der Waals surface area (Å²) in [7, 11) is 0. The average molecular weight is 242 g/mol. The first-order chi connectivity index (χ1) is 8.08. The van der Waals surface area contributed by atoms with Gasteiger partial charge in [0.25, 0.3) is 0 Å². The summed E-state index contributed by atoms with van der Waals surface area (Å²) in [6.45, 7) is -0.110. The van der Waals surface area contributed by atoms with Crippen LogP contribution in [0.1, 0.15) is 0 Å². The van der Waals surface area contributed by atoms with Crippen LogP contribution in [-0.4, -0.2) is 51.6 Å². The number of hydrogen-bond acceptors (Lipinski definition) is 6. The Kier molecular flexibility index (Phi) is 3.49. The van der Waals surface area contributed by atoms with E-state index in [2.05, 4.69) is 0 Å². The van der Waals surface area contributed by atoms with Crippen LogP contribution in [0.2, 0.25) is 0 Å². The molecule has 0 spiro atoms. The molecule has 0 aromatic heterocycles. The van der Waals surface area contributed by atoms with Gasteiger partial charge in [-0.05, 0) is 24.3 Å². The van der Waals surface area contributed by atoms with Gasteiger partial charge in [0.1, 0.15) is 29.8 Å². The zero-order valence-electron chi connectivity index (χ0n) is 8.93. The zero-order valence-corrected chi connectivity index (χ0v) is 8.93. The first kappa shape index (κ1) is 12.1. The van der Waals surface area contributed by atoms with E-state index in [1.54, 1.807) is 0 Å². The van der Waals surface area contributed by atoms with Crippen molar-refractivity contribution in [3.05, 3.63) is 24.3 Å². The highest BCUT2D eigenvalue weighted by molar-refractivity contribution is 5.30. The third-order valence-electron chi connectivity index (χ3n) is 2.54. The quantitative estimate of drug-likeness (QED) is 0.542. The second kappa shape index (κ2) is 4.89. The van der Waals surface area contributed by atoms with Crippen molar-refractivity contribution in [1.82, 2.24) is 0 Å². The summed E-state index contributed by atoms with van der Waals surface area (Å²) in [4.78, 5) is 0. The van der Waals surface area contributed by atoms with E-state index in [0.29, 0.717) is 5.75 Å². The molecule has 0 amide bonds. The number of hydrogen-bond donors (Lipinski definition) is 4. The molecule has 6 heteroatoms. The third kappa shape index (κ3) is 2.67. The molecular formula is C11H14O6. The number of aliphatic hydroxyl groups excluding tert-OH is 3. The van der Waals surface area contributed by atoms with E-state index in [1.165, 1.54) is 24.3 Å². The van der Waals surface area contributed by atoms with Crippen LogP contribution in [0.3, 0.4) is 0 Å². The molecule has 0 unspecified atom stereocenters. The molecule has 1 fully saturated rings. The Morgan fingerprint density at radius 1 is 1.06 bits per heavy atom. The molecule has 2 rings (SSSR count). The number of phenolic OH excluding ortho intramolecular Hbond substituents is 1. The normalized spacial score (nSPS) is 33.4. The minimum absolute atomic E-state index is 0.0953. The van der Waals surface area contributed by atoms with Crippen molar-refractivity contribution in [3.63, 3.8) is 0 Å². The molecule has 4 N–H and O–H groups in total. The van der Waals surface area contributed by atoms with Crippen LogP contribution < -0.4 is 4.74 Å². The lowest BCUT2D eigenvalue weighted by Crippen LogP contribution is -2.54. The van der Waals surface area contributed by atoms with Crippen molar-refractivity contribution in [2.75, 3.05) is 6.61 Å². The van der Waals surface area contributed by atoms with Gasteiger partial charge in [-0.25, -0.2) is 0 Å². The molecule has 1 aromatic carbocycles. The molecule has 94 valence electrons. The maximum absolute atomic E-state index is 9.61. The van der Waals surface area contributed by atoms with Crippen LogP contribution >= 0.6 is 0 Å². The Hall–Kier alpha value is -1.34. The first-order valence-corrected chi connectivity index (χ1v) is 5.19. The molecule has 17 heavy (non-hydrogen) atoms. The maximum atomic E-state index is 9.61. The molecule has 1 heterocycles. The highest BCUT2D eigenvalue weighted by Gasteiger charge is 2.38. The van der Waals surface area contributed by atoms with Crippen molar-refractivity contribution in [1.29, 1.82) is 0 Å². The van der Waals surface area contributed by atoms with E-state index >= 15 is 0 Å². The summed E-state index contributed by atoms with van der Waals surface area (Å²) in [5.41, 5.74) is 0. The Labute approximate surface area is 97.7 Å². The van der Waals surface area contributed by atoms with E-state index in [0.717, 1.165) is 0 Å². The lowest BCUT2D eigenvalue weighted by atomic mass is 10.1. The van der Waals surface area contributed by atoms with Gasteiger partial charge in [0, 0.05) is 0 Å². The van der Waals surface area contributed by atoms with Crippen molar-refractivity contribution in [3.8, 4) is 11.5 Å². The Morgan fingerprint density at radius 3 is 2.35 bits per heavy atom. The minimum atomic E-state index is -1.33. The molecule has 1 aliphatic heterocycles. The Balaban J connectivity index is 2.01. The fourth-order valence-electron chi connectivity index (χ4n) is 1.54. The number of rotatable bonds is 2. The smallest absolute Gasteiger partial charge is 0.228 e. The lowest BCUT2D eigenvalue weighted by Gasteiger charge is -2.34. The molecule has 0 radical (unpaired) electrons. The van der Waals surface area contributed by atoms with Crippen LogP contribution in [0.5, 0.6) is 11.5 Å². The summed E-state index contributed by atoms with van der Waals surface area (Å²) in [5.74, 6) is 0.480. The fourth-order valence-corrected chi connectivity index (χ4v) is 1.54. The zero-order chi connectivity index (χ0) is 12.4. The van der Waals surface area contributed by atoms with Gasteiger partial charge in [0.05, 0.1) is 6.61 Å². The molecule has 0 saturated carbocycles. The van der Waals surface area contributed by atoms with Crippen molar-refractivity contribution >= 4 is 0 Å². The van der Waals surface area contributed by atoms with Crippen molar-refractivity contribution in [2.24, 2.45) is 0 Å². The van der Waals surface area contributed by atoms with Crippen LogP contribution in [0.4, 0.5) is 0 Å². The monoisotopic (exact) mass is 242 g/mol. The van der Waals surface area contributed by atoms with Crippen molar-refractivity contribution < 1.29 is 29.9 Å². The van der Waals surface area contributed by atoms with E-state index < -0.39 is 24.6 Å². The summed E-state index contributed by atoms with van der Waals surface area (Å²) < 4.78 is 10.3. The predicted molar refractivity (Wildman–Crippen MR) is 56.5 cm³/mol. The summed E-state index contributed by atoms with van der Waals surface area (Å²) >= 11 is 0. The van der Waals surface area contributed by atoms with E-state index in [4.69, 9.17) is 14.6 Å².